The molecule has 0 bridgehead atoms. The van der Waals surface area contributed by atoms with Crippen molar-refractivity contribution < 1.29 is 9.47 Å². The number of benzene rings is 1. The predicted octanol–water partition coefficient (Wildman–Crippen LogP) is 3.76. The van der Waals surface area contributed by atoms with Crippen molar-refractivity contribution in [1.29, 1.82) is 0 Å². The lowest BCUT2D eigenvalue weighted by Gasteiger charge is -2.34. The van der Waals surface area contributed by atoms with Crippen molar-refractivity contribution in [2.24, 2.45) is 5.41 Å². The molecule has 106 valence electrons. The van der Waals surface area contributed by atoms with Gasteiger partial charge in [0.2, 0.25) is 0 Å². The van der Waals surface area contributed by atoms with E-state index in [-0.39, 0.29) is 0 Å². The van der Waals surface area contributed by atoms with Gasteiger partial charge in [-0.15, -0.1) is 0 Å². The highest BCUT2D eigenvalue weighted by atomic mass is 16.5. The zero-order valence-electron chi connectivity index (χ0n) is 12.2. The van der Waals surface area contributed by atoms with Crippen molar-refractivity contribution in [2.45, 2.75) is 52.2 Å². The quantitative estimate of drug-likeness (QED) is 0.841. The molecule has 0 aromatic heterocycles. The fourth-order valence-corrected chi connectivity index (χ4v) is 2.63. The Bertz CT molecular complexity index is 419. The number of hydrogen-bond acceptors (Lipinski definition) is 3. The van der Waals surface area contributed by atoms with Crippen LogP contribution in [0, 0.1) is 5.41 Å². The monoisotopic (exact) mass is 263 g/mol. The molecule has 0 unspecified atom stereocenters. The van der Waals surface area contributed by atoms with Crippen molar-refractivity contribution in [3.63, 3.8) is 0 Å². The minimum Gasteiger partial charge on any atom is -0.495 e. The molecule has 1 aromatic rings. The maximum atomic E-state index is 5.99. The van der Waals surface area contributed by atoms with Crippen molar-refractivity contribution in [1.82, 2.24) is 0 Å². The molecule has 1 aromatic carbocycles. The SMILES string of the molecule is COc1ccc(COC2CCC(C)(C)CC2)cc1N. The van der Waals surface area contributed by atoms with E-state index >= 15 is 0 Å². The van der Waals surface area contributed by atoms with Gasteiger partial charge >= 0.3 is 0 Å². The molecule has 0 aliphatic heterocycles. The Kier molecular flexibility index (Phi) is 4.35. The van der Waals surface area contributed by atoms with Crippen molar-refractivity contribution in [3.05, 3.63) is 23.8 Å². The lowest BCUT2D eigenvalue weighted by molar-refractivity contribution is -0.00557. The van der Waals surface area contributed by atoms with Gasteiger partial charge in [-0.1, -0.05) is 19.9 Å². The van der Waals surface area contributed by atoms with Crippen LogP contribution in [0.1, 0.15) is 45.1 Å². The molecule has 3 nitrogen and oxygen atoms in total. The molecular weight excluding hydrogens is 238 g/mol. The van der Waals surface area contributed by atoms with Crippen LogP contribution in [0.25, 0.3) is 0 Å². The highest BCUT2D eigenvalue weighted by Crippen LogP contribution is 2.36. The van der Waals surface area contributed by atoms with Crippen molar-refractivity contribution >= 4 is 5.69 Å². The van der Waals surface area contributed by atoms with Crippen LogP contribution < -0.4 is 10.5 Å². The van der Waals surface area contributed by atoms with E-state index in [0.717, 1.165) is 11.3 Å². The van der Waals surface area contributed by atoms with E-state index in [2.05, 4.69) is 13.8 Å². The molecule has 1 aliphatic rings. The second-order valence-electron chi connectivity index (χ2n) is 6.25. The number of hydrogen-bond donors (Lipinski definition) is 1. The Labute approximate surface area is 116 Å². The molecule has 0 spiro atoms. The van der Waals surface area contributed by atoms with Gasteiger partial charge in [0.1, 0.15) is 5.75 Å². The van der Waals surface area contributed by atoms with Crippen molar-refractivity contribution in [3.8, 4) is 5.75 Å². The summed E-state index contributed by atoms with van der Waals surface area (Å²) in [4.78, 5) is 0. The fraction of sp³-hybridized carbons (Fsp3) is 0.625. The van der Waals surface area contributed by atoms with Gasteiger partial charge in [0.25, 0.3) is 0 Å². The third kappa shape index (κ3) is 3.87. The molecule has 0 amide bonds. The van der Waals surface area contributed by atoms with Crippen LogP contribution in [0.3, 0.4) is 0 Å². The smallest absolute Gasteiger partial charge is 0.141 e. The first-order valence-electron chi connectivity index (χ1n) is 7.04. The minimum atomic E-state index is 0.399. The molecule has 3 heteroatoms. The van der Waals surface area contributed by atoms with Gasteiger partial charge < -0.3 is 15.2 Å². The zero-order valence-corrected chi connectivity index (χ0v) is 12.2. The van der Waals surface area contributed by atoms with E-state index in [1.165, 1.54) is 25.7 Å². The van der Waals surface area contributed by atoms with Gasteiger partial charge in [0.15, 0.2) is 0 Å². The van der Waals surface area contributed by atoms with Crippen molar-refractivity contribution in [2.75, 3.05) is 12.8 Å². The van der Waals surface area contributed by atoms with Gasteiger partial charge in [-0.2, -0.15) is 0 Å². The van der Waals surface area contributed by atoms with Gasteiger partial charge in [-0.3, -0.25) is 0 Å². The van der Waals surface area contributed by atoms with Gasteiger partial charge in [-0.05, 0) is 48.8 Å². The minimum absolute atomic E-state index is 0.399. The summed E-state index contributed by atoms with van der Waals surface area (Å²) >= 11 is 0. The Morgan fingerprint density at radius 2 is 1.95 bits per heavy atom. The Balaban J connectivity index is 1.84. The lowest BCUT2D eigenvalue weighted by Crippen LogP contribution is -2.26. The van der Waals surface area contributed by atoms with Crippen LogP contribution in [0.4, 0.5) is 5.69 Å². The number of nitrogens with two attached hydrogens (primary N) is 1. The molecule has 1 fully saturated rings. The molecule has 0 heterocycles. The summed E-state index contributed by atoms with van der Waals surface area (Å²) < 4.78 is 11.1. The first kappa shape index (κ1) is 14.2. The maximum absolute atomic E-state index is 5.99. The Hall–Kier alpha value is -1.22. The summed E-state index contributed by atoms with van der Waals surface area (Å²) in [5, 5.41) is 0. The van der Waals surface area contributed by atoms with Crippen LogP contribution >= 0.6 is 0 Å². The van der Waals surface area contributed by atoms with Gasteiger partial charge in [-0.25, -0.2) is 0 Å². The first-order valence-corrected chi connectivity index (χ1v) is 7.04. The first-order chi connectivity index (χ1) is 9.00. The zero-order chi connectivity index (χ0) is 13.9. The predicted molar refractivity (Wildman–Crippen MR) is 78.2 cm³/mol. The van der Waals surface area contributed by atoms with Crippen LogP contribution in [0.5, 0.6) is 5.75 Å². The van der Waals surface area contributed by atoms with Crippen LogP contribution in [-0.4, -0.2) is 13.2 Å². The molecule has 1 saturated carbocycles. The maximum Gasteiger partial charge on any atom is 0.141 e. The summed E-state index contributed by atoms with van der Waals surface area (Å²) in [6.45, 7) is 5.32. The second kappa shape index (κ2) is 5.83. The average Bonchev–Trinajstić information content (AvgIpc) is 2.38. The summed E-state index contributed by atoms with van der Waals surface area (Å²) in [6.07, 6.45) is 5.23. The number of ether oxygens (including phenoxy) is 2. The Morgan fingerprint density at radius 1 is 1.26 bits per heavy atom. The second-order valence-corrected chi connectivity index (χ2v) is 6.25. The molecule has 1 aliphatic carbocycles. The lowest BCUT2D eigenvalue weighted by atomic mass is 9.76. The van der Waals surface area contributed by atoms with E-state index in [4.69, 9.17) is 15.2 Å². The topological polar surface area (TPSA) is 44.5 Å². The average molecular weight is 263 g/mol. The number of rotatable bonds is 4. The molecule has 2 N–H and O–H groups in total. The highest BCUT2D eigenvalue weighted by molar-refractivity contribution is 5.54. The number of nitrogen functional groups attached to an aromatic ring is 1. The molecular formula is C16H25NO2. The summed E-state index contributed by atoms with van der Waals surface area (Å²) in [5.74, 6) is 0.725. The van der Waals surface area contributed by atoms with Crippen LogP contribution in [0.15, 0.2) is 18.2 Å². The van der Waals surface area contributed by atoms with Crippen LogP contribution in [-0.2, 0) is 11.3 Å². The number of anilines is 1. The molecule has 0 radical (unpaired) electrons. The summed E-state index contributed by atoms with van der Waals surface area (Å²) in [7, 11) is 1.63. The van der Waals surface area contributed by atoms with E-state index in [1.807, 2.05) is 18.2 Å². The molecule has 0 saturated heterocycles. The number of methoxy groups -OCH3 is 1. The Morgan fingerprint density at radius 3 is 2.53 bits per heavy atom. The summed E-state index contributed by atoms with van der Waals surface area (Å²) in [6, 6.07) is 5.85. The van der Waals surface area contributed by atoms with E-state index in [1.54, 1.807) is 7.11 Å². The van der Waals surface area contributed by atoms with E-state index in [9.17, 15) is 0 Å². The van der Waals surface area contributed by atoms with Crippen LogP contribution in [0.2, 0.25) is 0 Å². The van der Waals surface area contributed by atoms with E-state index in [0.29, 0.717) is 23.8 Å². The van der Waals surface area contributed by atoms with E-state index < -0.39 is 0 Å². The molecule has 2 rings (SSSR count). The molecule has 19 heavy (non-hydrogen) atoms. The largest absolute Gasteiger partial charge is 0.495 e. The summed E-state index contributed by atoms with van der Waals surface area (Å²) in [5.41, 5.74) is 8.17. The third-order valence-electron chi connectivity index (χ3n) is 4.07. The van der Waals surface area contributed by atoms with Gasteiger partial charge in [0, 0.05) is 0 Å². The highest BCUT2D eigenvalue weighted by Gasteiger charge is 2.27. The molecule has 0 atom stereocenters. The fourth-order valence-electron chi connectivity index (χ4n) is 2.63. The van der Waals surface area contributed by atoms with Gasteiger partial charge in [0.05, 0.1) is 25.5 Å². The third-order valence-corrected chi connectivity index (χ3v) is 4.07. The normalized spacial score (nSPS) is 19.3. The standard InChI is InChI=1S/C16H25NO2/c1-16(2)8-6-13(7-9-16)19-11-12-4-5-15(18-3)14(17)10-12/h4-5,10,13H,6-9,11,17H2,1-3H3.